The van der Waals surface area contributed by atoms with E-state index < -0.39 is 5.97 Å². The molecule has 0 radical (unpaired) electrons. The monoisotopic (exact) mass is 232 g/mol. The van der Waals surface area contributed by atoms with Crippen LogP contribution in [0.25, 0.3) is 0 Å². The van der Waals surface area contributed by atoms with Crippen molar-refractivity contribution in [2.75, 3.05) is 7.11 Å². The first-order chi connectivity index (χ1) is 8.13. The second kappa shape index (κ2) is 6.27. The molecule has 0 saturated heterocycles. The molecule has 17 heavy (non-hydrogen) atoms. The zero-order valence-electron chi connectivity index (χ0n) is 9.29. The van der Waals surface area contributed by atoms with Crippen molar-refractivity contribution in [1.82, 2.24) is 0 Å². The minimum absolute atomic E-state index is 0.192. The first kappa shape index (κ1) is 12.7. The lowest BCUT2D eigenvalue weighted by Crippen LogP contribution is -1.94. The Morgan fingerprint density at radius 1 is 1.12 bits per heavy atom. The quantitative estimate of drug-likeness (QED) is 0.479. The van der Waals surface area contributed by atoms with Gasteiger partial charge in [0, 0.05) is 11.6 Å². The van der Waals surface area contributed by atoms with Gasteiger partial charge in [-0.2, -0.15) is 0 Å². The summed E-state index contributed by atoms with van der Waals surface area (Å²) >= 11 is 0. The predicted molar refractivity (Wildman–Crippen MR) is 63.2 cm³/mol. The molecule has 0 atom stereocenters. The molecule has 1 aromatic carbocycles. The summed E-state index contributed by atoms with van der Waals surface area (Å²) in [6.07, 6.45) is 4.95. The van der Waals surface area contributed by atoms with Crippen LogP contribution in [0.1, 0.15) is 10.4 Å². The average molecular weight is 232 g/mol. The van der Waals surface area contributed by atoms with Crippen molar-refractivity contribution in [1.29, 1.82) is 0 Å². The Morgan fingerprint density at radius 2 is 1.71 bits per heavy atom. The van der Waals surface area contributed by atoms with E-state index in [1.807, 2.05) is 0 Å². The van der Waals surface area contributed by atoms with Gasteiger partial charge in [0.1, 0.15) is 5.75 Å². The fourth-order valence-electron chi connectivity index (χ4n) is 1.13. The number of allylic oxidation sites excluding steroid dienone is 3. The molecule has 0 heterocycles. The molecule has 0 aliphatic rings. The molecule has 0 aliphatic heterocycles. The van der Waals surface area contributed by atoms with Gasteiger partial charge in [-0.3, -0.25) is 4.79 Å². The normalized spacial score (nSPS) is 10.9. The van der Waals surface area contributed by atoms with E-state index in [9.17, 15) is 9.59 Å². The zero-order valence-corrected chi connectivity index (χ0v) is 9.29. The number of carboxylic acids is 1. The number of rotatable bonds is 5. The van der Waals surface area contributed by atoms with Gasteiger partial charge in [0.05, 0.1) is 7.11 Å². The third kappa shape index (κ3) is 4.34. The van der Waals surface area contributed by atoms with Crippen LogP contribution in [0, 0.1) is 0 Å². The second-order valence-corrected chi connectivity index (χ2v) is 3.15. The lowest BCUT2D eigenvalue weighted by Gasteiger charge is -1.99. The van der Waals surface area contributed by atoms with E-state index in [-0.39, 0.29) is 5.78 Å². The maximum atomic E-state index is 11.6. The molecule has 88 valence electrons. The molecule has 0 bridgehead atoms. The van der Waals surface area contributed by atoms with Gasteiger partial charge in [0.2, 0.25) is 0 Å². The van der Waals surface area contributed by atoms with Crippen molar-refractivity contribution >= 4 is 11.8 Å². The summed E-state index contributed by atoms with van der Waals surface area (Å²) in [4.78, 5) is 21.7. The number of carboxylic acid groups (broad SMARTS) is 1. The molecular formula is C13H12O4. The molecule has 0 amide bonds. The highest BCUT2D eigenvalue weighted by atomic mass is 16.5. The van der Waals surface area contributed by atoms with Gasteiger partial charge < -0.3 is 9.84 Å². The molecule has 1 aromatic rings. The summed E-state index contributed by atoms with van der Waals surface area (Å²) in [6, 6.07) is 6.67. The van der Waals surface area contributed by atoms with E-state index in [0.29, 0.717) is 11.3 Å². The number of ketones is 1. The van der Waals surface area contributed by atoms with E-state index >= 15 is 0 Å². The Kier molecular flexibility index (Phi) is 4.69. The van der Waals surface area contributed by atoms with Gasteiger partial charge in [-0.15, -0.1) is 0 Å². The number of aliphatic carboxylic acids is 1. The second-order valence-electron chi connectivity index (χ2n) is 3.15. The number of ether oxygens (including phenoxy) is 1. The molecule has 0 aromatic heterocycles. The van der Waals surface area contributed by atoms with Crippen molar-refractivity contribution in [3.05, 3.63) is 54.1 Å². The van der Waals surface area contributed by atoms with Crippen molar-refractivity contribution in [3.63, 3.8) is 0 Å². The Hall–Kier alpha value is -2.36. The van der Waals surface area contributed by atoms with Crippen LogP contribution in [0.2, 0.25) is 0 Å². The van der Waals surface area contributed by atoms with Crippen LogP contribution in [-0.4, -0.2) is 24.0 Å². The average Bonchev–Trinajstić information content (AvgIpc) is 2.34. The number of methoxy groups -OCH3 is 1. The maximum absolute atomic E-state index is 11.6. The summed E-state index contributed by atoms with van der Waals surface area (Å²) in [6.45, 7) is 0. The SMILES string of the molecule is COc1ccc(C(=O)/C=C/C=C\C(=O)O)cc1. The van der Waals surface area contributed by atoms with E-state index in [1.165, 1.54) is 18.2 Å². The molecule has 0 fully saturated rings. The molecule has 1 N–H and O–H groups in total. The highest BCUT2D eigenvalue weighted by Gasteiger charge is 2.00. The van der Waals surface area contributed by atoms with Crippen LogP contribution in [0.5, 0.6) is 5.75 Å². The van der Waals surface area contributed by atoms with Gasteiger partial charge in [-0.1, -0.05) is 12.2 Å². The lowest BCUT2D eigenvalue weighted by atomic mass is 10.1. The van der Waals surface area contributed by atoms with E-state index in [2.05, 4.69) is 0 Å². The van der Waals surface area contributed by atoms with Crippen LogP contribution in [0.4, 0.5) is 0 Å². The number of hydrogen-bond donors (Lipinski definition) is 1. The molecular weight excluding hydrogens is 220 g/mol. The molecule has 0 saturated carbocycles. The zero-order chi connectivity index (χ0) is 12.7. The van der Waals surface area contributed by atoms with Crippen molar-refractivity contribution in [3.8, 4) is 5.75 Å². The first-order valence-corrected chi connectivity index (χ1v) is 4.89. The van der Waals surface area contributed by atoms with Crippen LogP contribution in [-0.2, 0) is 4.79 Å². The lowest BCUT2D eigenvalue weighted by molar-refractivity contribution is -0.131. The van der Waals surface area contributed by atoms with E-state index in [1.54, 1.807) is 31.4 Å². The van der Waals surface area contributed by atoms with E-state index in [4.69, 9.17) is 9.84 Å². The topological polar surface area (TPSA) is 63.6 Å². The maximum Gasteiger partial charge on any atom is 0.328 e. The van der Waals surface area contributed by atoms with Crippen molar-refractivity contribution in [2.45, 2.75) is 0 Å². The Labute approximate surface area is 98.8 Å². The number of hydrogen-bond acceptors (Lipinski definition) is 3. The molecule has 4 heteroatoms. The summed E-state index contributed by atoms with van der Waals surface area (Å²) < 4.78 is 4.97. The van der Waals surface area contributed by atoms with E-state index in [0.717, 1.165) is 6.08 Å². The highest BCUT2D eigenvalue weighted by molar-refractivity contribution is 6.04. The van der Waals surface area contributed by atoms with Gasteiger partial charge in [-0.25, -0.2) is 4.79 Å². The fraction of sp³-hybridized carbons (Fsp3) is 0.0769. The summed E-state index contributed by atoms with van der Waals surface area (Å²) in [7, 11) is 1.55. The van der Waals surface area contributed by atoms with Gasteiger partial charge in [0.25, 0.3) is 0 Å². The minimum Gasteiger partial charge on any atom is -0.497 e. The van der Waals surface area contributed by atoms with Gasteiger partial charge in [-0.05, 0) is 30.3 Å². The minimum atomic E-state index is -1.05. The molecule has 0 unspecified atom stereocenters. The first-order valence-electron chi connectivity index (χ1n) is 4.89. The third-order valence-corrected chi connectivity index (χ3v) is 1.97. The fourth-order valence-corrected chi connectivity index (χ4v) is 1.13. The van der Waals surface area contributed by atoms with Crippen molar-refractivity contribution in [2.24, 2.45) is 0 Å². The largest absolute Gasteiger partial charge is 0.497 e. The van der Waals surface area contributed by atoms with Gasteiger partial charge >= 0.3 is 5.97 Å². The molecule has 1 rings (SSSR count). The van der Waals surface area contributed by atoms with Crippen LogP contribution >= 0.6 is 0 Å². The van der Waals surface area contributed by atoms with Crippen molar-refractivity contribution < 1.29 is 19.4 Å². The summed E-state index contributed by atoms with van der Waals surface area (Å²) in [5.41, 5.74) is 0.519. The third-order valence-electron chi connectivity index (χ3n) is 1.97. The van der Waals surface area contributed by atoms with Gasteiger partial charge in [0.15, 0.2) is 5.78 Å². The van der Waals surface area contributed by atoms with Crippen LogP contribution in [0.3, 0.4) is 0 Å². The Morgan fingerprint density at radius 3 is 2.24 bits per heavy atom. The van der Waals surface area contributed by atoms with Crippen LogP contribution < -0.4 is 4.74 Å². The number of carbonyl (C=O) groups is 2. The number of benzene rings is 1. The standard InChI is InChI=1S/C13H12O4/c1-17-11-8-6-10(7-9-11)12(14)4-2-3-5-13(15)16/h2-9H,1H3,(H,15,16)/b4-2+,5-3-. The Balaban J connectivity index is 2.66. The molecule has 0 spiro atoms. The molecule has 0 aliphatic carbocycles. The summed E-state index contributed by atoms with van der Waals surface area (Å²) in [5, 5.41) is 8.33. The highest BCUT2D eigenvalue weighted by Crippen LogP contribution is 2.11. The smallest absolute Gasteiger partial charge is 0.328 e. The Bertz CT molecular complexity index is 455. The van der Waals surface area contributed by atoms with Crippen LogP contribution in [0.15, 0.2) is 48.6 Å². The summed E-state index contributed by atoms with van der Waals surface area (Å²) in [5.74, 6) is -0.564. The predicted octanol–water partition coefficient (Wildman–Crippen LogP) is 2.07. The number of carbonyl (C=O) groups excluding carboxylic acids is 1. The molecule has 4 nitrogen and oxygen atoms in total.